The third kappa shape index (κ3) is 3.43. The minimum absolute atomic E-state index is 0.0904. The summed E-state index contributed by atoms with van der Waals surface area (Å²) in [5.41, 5.74) is 5.44. The molecular weight excluding hydrogens is 271 g/mol. The average Bonchev–Trinajstić information content (AvgIpc) is 2.37. The Labute approximate surface area is 112 Å². The summed E-state index contributed by atoms with van der Waals surface area (Å²) in [5.74, 6) is -0.719. The van der Waals surface area contributed by atoms with Crippen LogP contribution in [0.4, 0.5) is 10.1 Å². The number of nitrogen functional groups attached to an aromatic ring is 1. The first-order valence-electron chi connectivity index (χ1n) is 6.12. The summed E-state index contributed by atoms with van der Waals surface area (Å²) in [7, 11) is -3.93. The van der Waals surface area contributed by atoms with Crippen LogP contribution in [0, 0.1) is 11.7 Å². The Kier molecular flexibility index (Phi) is 4.38. The third-order valence-corrected chi connectivity index (χ3v) is 4.60. The molecule has 1 fully saturated rings. The van der Waals surface area contributed by atoms with Crippen molar-refractivity contribution in [3.05, 3.63) is 24.0 Å². The maximum Gasteiger partial charge on any atom is 0.245 e. The highest BCUT2D eigenvalue weighted by atomic mass is 32.2. The van der Waals surface area contributed by atoms with Gasteiger partial charge in [-0.15, -0.1) is 0 Å². The molecule has 0 radical (unpaired) electrons. The molecule has 1 unspecified atom stereocenters. The lowest BCUT2D eigenvalue weighted by molar-refractivity contribution is 0.0568. The van der Waals surface area contributed by atoms with Crippen molar-refractivity contribution in [1.82, 2.24) is 4.72 Å². The number of nitrogens with one attached hydrogen (secondary N) is 1. The van der Waals surface area contributed by atoms with Crippen molar-refractivity contribution < 1.29 is 17.5 Å². The van der Waals surface area contributed by atoms with Gasteiger partial charge in [-0.05, 0) is 30.9 Å². The number of anilines is 1. The monoisotopic (exact) mass is 288 g/mol. The van der Waals surface area contributed by atoms with Gasteiger partial charge in [0, 0.05) is 13.2 Å². The van der Waals surface area contributed by atoms with E-state index in [-0.39, 0.29) is 18.2 Å². The van der Waals surface area contributed by atoms with E-state index in [1.807, 2.05) is 0 Å². The number of rotatable bonds is 4. The molecule has 1 saturated heterocycles. The third-order valence-electron chi connectivity index (χ3n) is 3.08. The van der Waals surface area contributed by atoms with Crippen LogP contribution in [0.5, 0.6) is 0 Å². The molecule has 0 amide bonds. The normalized spacial score (nSPS) is 20.4. The number of nitrogens with two attached hydrogens (primary N) is 1. The molecule has 0 spiro atoms. The van der Waals surface area contributed by atoms with Crippen LogP contribution in [0.25, 0.3) is 0 Å². The quantitative estimate of drug-likeness (QED) is 0.813. The molecule has 1 aromatic rings. The van der Waals surface area contributed by atoms with Crippen LogP contribution >= 0.6 is 0 Å². The van der Waals surface area contributed by atoms with Crippen molar-refractivity contribution in [3.8, 4) is 0 Å². The fourth-order valence-electron chi connectivity index (χ4n) is 2.08. The SMILES string of the molecule is Nc1cccc(F)c1S(=O)(=O)NCC1CCCOC1. The first kappa shape index (κ1) is 14.2. The van der Waals surface area contributed by atoms with Crippen molar-refractivity contribution >= 4 is 15.7 Å². The molecule has 3 N–H and O–H groups in total. The van der Waals surface area contributed by atoms with Crippen LogP contribution < -0.4 is 10.5 Å². The van der Waals surface area contributed by atoms with Gasteiger partial charge in [0.05, 0.1) is 12.3 Å². The molecule has 2 rings (SSSR count). The first-order chi connectivity index (χ1) is 9.00. The topological polar surface area (TPSA) is 81.4 Å². The van der Waals surface area contributed by atoms with E-state index >= 15 is 0 Å². The predicted octanol–water partition coefficient (Wildman–Crippen LogP) is 1.11. The van der Waals surface area contributed by atoms with E-state index in [0.29, 0.717) is 13.2 Å². The molecule has 0 bridgehead atoms. The molecule has 0 saturated carbocycles. The van der Waals surface area contributed by atoms with Gasteiger partial charge in [0.25, 0.3) is 0 Å². The summed E-state index contributed by atoms with van der Waals surface area (Å²) < 4.78 is 45.3. The molecule has 106 valence electrons. The fraction of sp³-hybridized carbons (Fsp3) is 0.500. The Morgan fingerprint density at radius 1 is 1.47 bits per heavy atom. The number of sulfonamides is 1. The molecule has 7 heteroatoms. The Hall–Kier alpha value is -1.18. The highest BCUT2D eigenvalue weighted by molar-refractivity contribution is 7.89. The summed E-state index contributed by atoms with van der Waals surface area (Å²) in [6.45, 7) is 1.47. The highest BCUT2D eigenvalue weighted by Gasteiger charge is 2.24. The minimum atomic E-state index is -3.93. The lowest BCUT2D eigenvalue weighted by Gasteiger charge is -2.22. The van der Waals surface area contributed by atoms with Crippen LogP contribution in [-0.2, 0) is 14.8 Å². The maximum atomic E-state index is 13.6. The summed E-state index contributed by atoms with van der Waals surface area (Å²) >= 11 is 0. The van der Waals surface area contributed by atoms with Gasteiger partial charge in [-0.1, -0.05) is 6.07 Å². The van der Waals surface area contributed by atoms with Gasteiger partial charge in [0.2, 0.25) is 10.0 Å². The van der Waals surface area contributed by atoms with Crippen LogP contribution in [0.3, 0.4) is 0 Å². The van der Waals surface area contributed by atoms with Crippen molar-refractivity contribution in [2.24, 2.45) is 5.92 Å². The van der Waals surface area contributed by atoms with E-state index in [0.717, 1.165) is 18.9 Å². The predicted molar refractivity (Wildman–Crippen MR) is 69.5 cm³/mol. The lowest BCUT2D eigenvalue weighted by atomic mass is 10.0. The second kappa shape index (κ2) is 5.85. The Balaban J connectivity index is 2.09. The number of ether oxygens (including phenoxy) is 1. The van der Waals surface area contributed by atoms with E-state index in [4.69, 9.17) is 10.5 Å². The molecule has 5 nitrogen and oxygen atoms in total. The van der Waals surface area contributed by atoms with Crippen molar-refractivity contribution in [2.45, 2.75) is 17.7 Å². The molecular formula is C12H17FN2O3S. The van der Waals surface area contributed by atoms with Gasteiger partial charge in [0.1, 0.15) is 10.7 Å². The maximum absolute atomic E-state index is 13.6. The molecule has 0 aliphatic carbocycles. The van der Waals surface area contributed by atoms with Gasteiger partial charge in [-0.2, -0.15) is 0 Å². The zero-order valence-corrected chi connectivity index (χ0v) is 11.2. The number of hydrogen-bond acceptors (Lipinski definition) is 4. The molecule has 1 aliphatic rings. The largest absolute Gasteiger partial charge is 0.398 e. The van der Waals surface area contributed by atoms with Gasteiger partial charge in [-0.3, -0.25) is 0 Å². The second-order valence-electron chi connectivity index (χ2n) is 4.59. The smallest absolute Gasteiger partial charge is 0.245 e. The molecule has 0 aromatic heterocycles. The van der Waals surface area contributed by atoms with E-state index < -0.39 is 20.7 Å². The lowest BCUT2D eigenvalue weighted by Crippen LogP contribution is -2.34. The number of halogens is 1. The van der Waals surface area contributed by atoms with Crippen molar-refractivity contribution in [1.29, 1.82) is 0 Å². The summed E-state index contributed by atoms with van der Waals surface area (Å²) in [4.78, 5) is -0.480. The van der Waals surface area contributed by atoms with E-state index in [1.165, 1.54) is 12.1 Å². The Morgan fingerprint density at radius 3 is 2.89 bits per heavy atom. The molecule has 19 heavy (non-hydrogen) atoms. The zero-order valence-electron chi connectivity index (χ0n) is 10.4. The highest BCUT2D eigenvalue weighted by Crippen LogP contribution is 2.22. The van der Waals surface area contributed by atoms with E-state index in [9.17, 15) is 12.8 Å². The Morgan fingerprint density at radius 2 is 2.26 bits per heavy atom. The van der Waals surface area contributed by atoms with Crippen LogP contribution in [-0.4, -0.2) is 28.2 Å². The molecule has 1 aromatic carbocycles. The minimum Gasteiger partial charge on any atom is -0.398 e. The van der Waals surface area contributed by atoms with Gasteiger partial charge >= 0.3 is 0 Å². The van der Waals surface area contributed by atoms with Crippen LogP contribution in [0.2, 0.25) is 0 Å². The van der Waals surface area contributed by atoms with Crippen LogP contribution in [0.15, 0.2) is 23.1 Å². The molecule has 1 aliphatic heterocycles. The summed E-state index contributed by atoms with van der Waals surface area (Å²) in [6.07, 6.45) is 1.81. The van der Waals surface area contributed by atoms with E-state index in [1.54, 1.807) is 0 Å². The van der Waals surface area contributed by atoms with Gasteiger partial charge < -0.3 is 10.5 Å². The van der Waals surface area contributed by atoms with E-state index in [2.05, 4.69) is 4.72 Å². The number of benzene rings is 1. The second-order valence-corrected chi connectivity index (χ2v) is 6.30. The molecule has 1 atom stereocenters. The standard InChI is InChI=1S/C12H17FN2O3S/c13-10-4-1-5-11(14)12(10)19(16,17)15-7-9-3-2-6-18-8-9/h1,4-5,9,15H,2-3,6-8,14H2. The zero-order chi connectivity index (χ0) is 13.9. The fourth-order valence-corrected chi connectivity index (χ4v) is 3.38. The van der Waals surface area contributed by atoms with Crippen molar-refractivity contribution in [2.75, 3.05) is 25.5 Å². The molecule has 1 heterocycles. The first-order valence-corrected chi connectivity index (χ1v) is 7.60. The summed E-state index contributed by atoms with van der Waals surface area (Å²) in [5, 5.41) is 0. The van der Waals surface area contributed by atoms with Crippen molar-refractivity contribution in [3.63, 3.8) is 0 Å². The van der Waals surface area contributed by atoms with Gasteiger partial charge in [-0.25, -0.2) is 17.5 Å². The van der Waals surface area contributed by atoms with Gasteiger partial charge in [0.15, 0.2) is 0 Å². The Bertz CT molecular complexity index is 522. The van der Waals surface area contributed by atoms with Crippen LogP contribution in [0.1, 0.15) is 12.8 Å². The number of hydrogen-bond donors (Lipinski definition) is 2. The summed E-state index contributed by atoms with van der Waals surface area (Å²) in [6, 6.07) is 3.81. The average molecular weight is 288 g/mol.